The van der Waals surface area contributed by atoms with Crippen LogP contribution in [-0.2, 0) is 9.53 Å². The van der Waals surface area contributed by atoms with Crippen LogP contribution in [0, 0.1) is 0 Å². The van der Waals surface area contributed by atoms with Crippen LogP contribution in [0.4, 0.5) is 11.4 Å². The monoisotopic (exact) mass is 304 g/mol. The Kier molecular flexibility index (Phi) is 7.23. The first-order valence-electron chi connectivity index (χ1n) is 8.43. The van der Waals surface area contributed by atoms with Crippen molar-refractivity contribution >= 4 is 17.3 Å². The Hall–Kier alpha value is -1.55. The normalized spacial score (nSPS) is 15.4. The van der Waals surface area contributed by atoms with Crippen LogP contribution in [0.5, 0.6) is 0 Å². The Morgan fingerprint density at radius 1 is 1.18 bits per heavy atom. The quantitative estimate of drug-likeness (QED) is 0.779. The van der Waals surface area contributed by atoms with E-state index in [1.54, 1.807) is 7.11 Å². The molecule has 0 spiro atoms. The van der Waals surface area contributed by atoms with Crippen molar-refractivity contribution in [3.63, 3.8) is 0 Å². The lowest BCUT2D eigenvalue weighted by molar-refractivity contribution is -0.116. The van der Waals surface area contributed by atoms with E-state index in [1.807, 2.05) is 12.1 Å². The van der Waals surface area contributed by atoms with E-state index >= 15 is 0 Å². The van der Waals surface area contributed by atoms with E-state index in [4.69, 9.17) is 4.74 Å². The van der Waals surface area contributed by atoms with Crippen LogP contribution in [0.2, 0.25) is 0 Å². The number of ether oxygens (including phenoxy) is 1. The van der Waals surface area contributed by atoms with Gasteiger partial charge in [-0.05, 0) is 43.9 Å². The summed E-state index contributed by atoms with van der Waals surface area (Å²) in [5.74, 6) is 0.0871. The maximum absolute atomic E-state index is 12.0. The molecule has 4 heteroatoms. The molecule has 1 aromatic carbocycles. The molecule has 0 radical (unpaired) electrons. The lowest BCUT2D eigenvalue weighted by Gasteiger charge is -2.23. The number of hydrogen-bond acceptors (Lipinski definition) is 3. The number of carbonyl (C=O) groups excluding carboxylic acids is 1. The van der Waals surface area contributed by atoms with Gasteiger partial charge in [0, 0.05) is 44.6 Å². The van der Waals surface area contributed by atoms with Gasteiger partial charge in [-0.25, -0.2) is 0 Å². The van der Waals surface area contributed by atoms with Crippen molar-refractivity contribution in [2.24, 2.45) is 0 Å². The molecular formula is C18H28N2O2. The van der Waals surface area contributed by atoms with Crippen molar-refractivity contribution in [2.45, 2.75) is 44.9 Å². The van der Waals surface area contributed by atoms with Crippen molar-refractivity contribution in [3.05, 3.63) is 24.3 Å². The molecule has 122 valence electrons. The molecule has 1 aromatic rings. The minimum Gasteiger partial charge on any atom is -0.385 e. The smallest absolute Gasteiger partial charge is 0.224 e. The van der Waals surface area contributed by atoms with Gasteiger partial charge in [0.2, 0.25) is 5.91 Å². The minimum absolute atomic E-state index is 0.0871. The van der Waals surface area contributed by atoms with Crippen LogP contribution < -0.4 is 10.2 Å². The van der Waals surface area contributed by atoms with Crippen molar-refractivity contribution in [2.75, 3.05) is 37.0 Å². The molecule has 0 unspecified atom stereocenters. The zero-order chi connectivity index (χ0) is 15.6. The first-order valence-corrected chi connectivity index (χ1v) is 8.43. The zero-order valence-corrected chi connectivity index (χ0v) is 13.6. The molecule has 1 N–H and O–H groups in total. The third-order valence-electron chi connectivity index (χ3n) is 4.10. The van der Waals surface area contributed by atoms with Gasteiger partial charge in [-0.15, -0.1) is 0 Å². The van der Waals surface area contributed by atoms with E-state index in [9.17, 15) is 4.79 Å². The van der Waals surface area contributed by atoms with E-state index in [0.717, 1.165) is 38.2 Å². The molecule has 1 aliphatic heterocycles. The first-order chi connectivity index (χ1) is 10.8. The third kappa shape index (κ3) is 5.68. The summed E-state index contributed by atoms with van der Waals surface area (Å²) in [6.45, 7) is 2.96. The molecule has 0 atom stereocenters. The molecule has 1 fully saturated rings. The second-order valence-electron chi connectivity index (χ2n) is 5.95. The van der Waals surface area contributed by atoms with E-state index < -0.39 is 0 Å². The molecule has 22 heavy (non-hydrogen) atoms. The average molecular weight is 304 g/mol. The Bertz CT molecular complexity index is 454. The highest BCUT2D eigenvalue weighted by atomic mass is 16.5. The summed E-state index contributed by atoms with van der Waals surface area (Å²) < 4.78 is 5.00. The predicted octanol–water partition coefficient (Wildman–Crippen LogP) is 3.82. The number of unbranched alkanes of at least 4 members (excludes halogenated alkanes) is 1. The Balaban J connectivity index is 1.86. The highest BCUT2D eigenvalue weighted by molar-refractivity contribution is 5.91. The number of methoxy groups -OCH3 is 1. The summed E-state index contributed by atoms with van der Waals surface area (Å²) >= 11 is 0. The van der Waals surface area contributed by atoms with E-state index in [-0.39, 0.29) is 5.91 Å². The summed E-state index contributed by atoms with van der Waals surface area (Å²) in [7, 11) is 1.69. The molecule has 1 heterocycles. The molecule has 1 saturated heterocycles. The predicted molar refractivity (Wildman–Crippen MR) is 91.5 cm³/mol. The third-order valence-corrected chi connectivity index (χ3v) is 4.10. The molecule has 1 amide bonds. The van der Waals surface area contributed by atoms with Crippen LogP contribution in [0.15, 0.2) is 24.3 Å². The Labute approximate surface area is 133 Å². The summed E-state index contributed by atoms with van der Waals surface area (Å²) in [6.07, 6.45) is 7.52. The van der Waals surface area contributed by atoms with Gasteiger partial charge in [0.1, 0.15) is 0 Å². The molecular weight excluding hydrogens is 276 g/mol. The fourth-order valence-electron chi connectivity index (χ4n) is 2.86. The molecule has 0 bridgehead atoms. The Morgan fingerprint density at radius 3 is 2.68 bits per heavy atom. The maximum Gasteiger partial charge on any atom is 0.224 e. The van der Waals surface area contributed by atoms with Crippen molar-refractivity contribution in [1.82, 2.24) is 0 Å². The van der Waals surface area contributed by atoms with Crippen molar-refractivity contribution < 1.29 is 9.53 Å². The topological polar surface area (TPSA) is 41.6 Å². The minimum atomic E-state index is 0.0871. The second kappa shape index (κ2) is 9.46. The lowest BCUT2D eigenvalue weighted by atomic mass is 10.2. The second-order valence-corrected chi connectivity index (χ2v) is 5.95. The summed E-state index contributed by atoms with van der Waals surface area (Å²) in [5, 5.41) is 3.01. The largest absolute Gasteiger partial charge is 0.385 e. The molecule has 1 aliphatic rings. The number of nitrogens with zero attached hydrogens (tertiary/aromatic N) is 1. The van der Waals surface area contributed by atoms with Crippen molar-refractivity contribution in [3.8, 4) is 0 Å². The summed E-state index contributed by atoms with van der Waals surface area (Å²) in [6, 6.07) is 8.23. The van der Waals surface area contributed by atoms with Crippen LogP contribution in [0.25, 0.3) is 0 Å². The van der Waals surface area contributed by atoms with Gasteiger partial charge < -0.3 is 15.0 Å². The van der Waals surface area contributed by atoms with E-state index in [2.05, 4.69) is 22.3 Å². The van der Waals surface area contributed by atoms with Gasteiger partial charge in [-0.3, -0.25) is 4.79 Å². The molecule has 0 aromatic heterocycles. The number of carbonyl (C=O) groups is 1. The van der Waals surface area contributed by atoms with Crippen LogP contribution in [0.3, 0.4) is 0 Å². The fourth-order valence-corrected chi connectivity index (χ4v) is 2.86. The van der Waals surface area contributed by atoms with Gasteiger partial charge >= 0.3 is 0 Å². The average Bonchev–Trinajstić information content (AvgIpc) is 2.81. The fraction of sp³-hybridized carbons (Fsp3) is 0.611. The summed E-state index contributed by atoms with van der Waals surface area (Å²) in [5.41, 5.74) is 2.12. The first kappa shape index (κ1) is 16.8. The zero-order valence-electron chi connectivity index (χ0n) is 13.6. The Morgan fingerprint density at radius 2 is 1.95 bits per heavy atom. The number of rotatable bonds is 7. The summed E-state index contributed by atoms with van der Waals surface area (Å²) in [4.78, 5) is 14.4. The molecule has 2 rings (SSSR count). The number of benzene rings is 1. The highest BCUT2D eigenvalue weighted by Gasteiger charge is 2.10. The van der Waals surface area contributed by atoms with Gasteiger partial charge in [0.05, 0.1) is 0 Å². The van der Waals surface area contributed by atoms with Crippen LogP contribution in [0.1, 0.15) is 44.9 Å². The van der Waals surface area contributed by atoms with Gasteiger partial charge in [0.15, 0.2) is 0 Å². The number of amides is 1. The molecule has 0 saturated carbocycles. The highest BCUT2D eigenvalue weighted by Crippen LogP contribution is 2.23. The van der Waals surface area contributed by atoms with E-state index in [0.29, 0.717) is 6.42 Å². The van der Waals surface area contributed by atoms with Crippen molar-refractivity contribution in [1.29, 1.82) is 0 Å². The lowest BCUT2D eigenvalue weighted by Crippen LogP contribution is -2.24. The van der Waals surface area contributed by atoms with Gasteiger partial charge in [-0.1, -0.05) is 18.9 Å². The SMILES string of the molecule is COCCCCC(=O)Nc1cccc(N2CCCCCC2)c1. The van der Waals surface area contributed by atoms with Gasteiger partial charge in [0.25, 0.3) is 0 Å². The standard InChI is InChI=1S/C18H28N2O2/c1-22-14-7-4-11-18(21)19-16-9-8-10-17(15-16)20-12-5-2-3-6-13-20/h8-10,15H,2-7,11-14H2,1H3,(H,19,21). The van der Waals surface area contributed by atoms with Crippen LogP contribution >= 0.6 is 0 Å². The molecule has 4 nitrogen and oxygen atoms in total. The molecule has 0 aliphatic carbocycles. The maximum atomic E-state index is 12.0. The number of anilines is 2. The van der Waals surface area contributed by atoms with Crippen LogP contribution in [-0.4, -0.2) is 32.7 Å². The van der Waals surface area contributed by atoms with Gasteiger partial charge in [-0.2, -0.15) is 0 Å². The number of nitrogens with one attached hydrogen (secondary N) is 1. The number of hydrogen-bond donors (Lipinski definition) is 1. The van der Waals surface area contributed by atoms with E-state index in [1.165, 1.54) is 31.4 Å².